The van der Waals surface area contributed by atoms with E-state index in [9.17, 15) is 10.2 Å². The first kappa shape index (κ1) is 12.1. The van der Waals surface area contributed by atoms with Crippen molar-refractivity contribution in [3.8, 4) is 0 Å². The van der Waals surface area contributed by atoms with E-state index in [1.165, 1.54) is 0 Å². The van der Waals surface area contributed by atoms with Crippen molar-refractivity contribution in [1.82, 2.24) is 9.78 Å². The molecule has 1 aromatic heterocycles. The third-order valence-electron chi connectivity index (χ3n) is 2.99. The molecular formula is C13H18N2O2. The number of rotatable bonds is 4. The van der Waals surface area contributed by atoms with Crippen molar-refractivity contribution in [2.75, 3.05) is 0 Å². The average Bonchev–Trinajstić information content (AvgIpc) is 2.68. The van der Waals surface area contributed by atoms with Crippen molar-refractivity contribution in [2.24, 2.45) is 0 Å². The van der Waals surface area contributed by atoms with Gasteiger partial charge in [-0.3, -0.25) is 4.68 Å². The van der Waals surface area contributed by atoms with Gasteiger partial charge in [0.2, 0.25) is 0 Å². The second-order valence-electron chi connectivity index (χ2n) is 4.29. The summed E-state index contributed by atoms with van der Waals surface area (Å²) in [6.07, 6.45) is -1.12. The second-order valence-corrected chi connectivity index (χ2v) is 4.29. The van der Waals surface area contributed by atoms with Gasteiger partial charge in [-0.2, -0.15) is 5.10 Å². The van der Waals surface area contributed by atoms with Gasteiger partial charge in [0.1, 0.15) is 0 Å². The molecule has 0 aliphatic carbocycles. The Morgan fingerprint density at radius 1 is 1.29 bits per heavy atom. The van der Waals surface area contributed by atoms with Crippen LogP contribution in [-0.2, 0) is 13.0 Å². The molecule has 92 valence electrons. The van der Waals surface area contributed by atoms with E-state index in [4.69, 9.17) is 0 Å². The number of para-hydroxylation sites is 1. The summed E-state index contributed by atoms with van der Waals surface area (Å²) in [5.74, 6) is 0. The van der Waals surface area contributed by atoms with E-state index < -0.39 is 12.2 Å². The Morgan fingerprint density at radius 2 is 2.00 bits per heavy atom. The minimum Gasteiger partial charge on any atom is -0.391 e. The predicted octanol–water partition coefficient (Wildman–Crippen LogP) is 1.34. The van der Waals surface area contributed by atoms with Crippen LogP contribution in [-0.4, -0.2) is 32.2 Å². The van der Waals surface area contributed by atoms with E-state index in [1.807, 2.05) is 35.9 Å². The summed E-state index contributed by atoms with van der Waals surface area (Å²) in [6, 6.07) is 7.95. The third-order valence-corrected chi connectivity index (χ3v) is 2.99. The molecule has 2 aromatic rings. The molecule has 0 radical (unpaired) electrons. The molecule has 0 aliphatic rings. The highest BCUT2D eigenvalue weighted by Crippen LogP contribution is 2.20. The van der Waals surface area contributed by atoms with E-state index in [0.29, 0.717) is 6.42 Å². The molecule has 0 saturated heterocycles. The molecule has 2 unspecified atom stereocenters. The molecule has 0 amide bonds. The smallest absolute Gasteiger partial charge is 0.0852 e. The first-order valence-corrected chi connectivity index (χ1v) is 5.94. The van der Waals surface area contributed by atoms with Gasteiger partial charge in [-0.15, -0.1) is 0 Å². The van der Waals surface area contributed by atoms with Crippen LogP contribution < -0.4 is 0 Å². The number of aliphatic hydroxyl groups excluding tert-OH is 2. The van der Waals surface area contributed by atoms with Gasteiger partial charge in [-0.1, -0.05) is 18.2 Å². The first-order valence-electron chi connectivity index (χ1n) is 5.94. The lowest BCUT2D eigenvalue weighted by Crippen LogP contribution is -2.25. The Bertz CT molecular complexity index is 505. The fourth-order valence-corrected chi connectivity index (χ4v) is 1.96. The summed E-state index contributed by atoms with van der Waals surface area (Å²) < 4.78 is 1.92. The SMILES string of the molecule is CCn1nc(CC(O)C(C)O)c2ccccc21. The number of hydrogen-bond donors (Lipinski definition) is 2. The van der Waals surface area contributed by atoms with Crippen LogP contribution in [0.5, 0.6) is 0 Å². The zero-order valence-corrected chi connectivity index (χ0v) is 10.2. The van der Waals surface area contributed by atoms with Crippen LogP contribution in [0.1, 0.15) is 19.5 Å². The lowest BCUT2D eigenvalue weighted by Gasteiger charge is -2.11. The Labute approximate surface area is 100 Å². The van der Waals surface area contributed by atoms with Gasteiger partial charge in [0, 0.05) is 18.4 Å². The molecule has 1 heterocycles. The van der Waals surface area contributed by atoms with Crippen LogP contribution in [0.3, 0.4) is 0 Å². The van der Waals surface area contributed by atoms with Gasteiger partial charge in [0.25, 0.3) is 0 Å². The summed E-state index contributed by atoms with van der Waals surface area (Å²) in [7, 11) is 0. The number of hydrogen-bond acceptors (Lipinski definition) is 3. The number of benzene rings is 1. The van der Waals surface area contributed by atoms with E-state index >= 15 is 0 Å². The summed E-state index contributed by atoms with van der Waals surface area (Å²) in [5.41, 5.74) is 1.92. The number of aromatic nitrogens is 2. The molecule has 0 spiro atoms. The monoisotopic (exact) mass is 234 g/mol. The lowest BCUT2D eigenvalue weighted by atomic mass is 10.1. The number of fused-ring (bicyclic) bond motifs is 1. The molecule has 4 nitrogen and oxygen atoms in total. The van der Waals surface area contributed by atoms with Crippen molar-refractivity contribution in [2.45, 2.75) is 39.0 Å². The van der Waals surface area contributed by atoms with Gasteiger partial charge in [-0.25, -0.2) is 0 Å². The maximum absolute atomic E-state index is 9.72. The highest BCUT2D eigenvalue weighted by atomic mass is 16.3. The summed E-state index contributed by atoms with van der Waals surface area (Å²) in [5, 5.41) is 24.6. The van der Waals surface area contributed by atoms with Crippen LogP contribution >= 0.6 is 0 Å². The molecule has 0 saturated carbocycles. The van der Waals surface area contributed by atoms with Crippen molar-refractivity contribution in [3.63, 3.8) is 0 Å². The Hall–Kier alpha value is -1.39. The molecule has 0 bridgehead atoms. The van der Waals surface area contributed by atoms with Crippen LogP contribution in [0.2, 0.25) is 0 Å². The molecule has 2 atom stereocenters. The topological polar surface area (TPSA) is 58.3 Å². The third kappa shape index (κ3) is 2.33. The van der Waals surface area contributed by atoms with Gasteiger partial charge < -0.3 is 10.2 Å². The van der Waals surface area contributed by atoms with Gasteiger partial charge in [-0.05, 0) is 19.9 Å². The van der Waals surface area contributed by atoms with Gasteiger partial charge >= 0.3 is 0 Å². The zero-order chi connectivity index (χ0) is 12.4. The highest BCUT2D eigenvalue weighted by molar-refractivity contribution is 5.82. The minimum absolute atomic E-state index is 0.380. The van der Waals surface area contributed by atoms with Crippen LogP contribution in [0.25, 0.3) is 10.9 Å². The van der Waals surface area contributed by atoms with Crippen LogP contribution in [0, 0.1) is 0 Å². The Kier molecular flexibility index (Phi) is 3.45. The molecule has 4 heteroatoms. The molecule has 1 aromatic carbocycles. The van der Waals surface area contributed by atoms with E-state index in [1.54, 1.807) is 6.92 Å². The van der Waals surface area contributed by atoms with Gasteiger partial charge in [0.05, 0.1) is 23.4 Å². The Morgan fingerprint density at radius 3 is 2.65 bits per heavy atom. The first-order chi connectivity index (χ1) is 8.13. The van der Waals surface area contributed by atoms with E-state index in [-0.39, 0.29) is 0 Å². The number of aryl methyl sites for hydroxylation is 1. The maximum Gasteiger partial charge on any atom is 0.0852 e. The van der Waals surface area contributed by atoms with Crippen molar-refractivity contribution >= 4 is 10.9 Å². The fraction of sp³-hybridized carbons (Fsp3) is 0.462. The minimum atomic E-state index is -0.765. The highest BCUT2D eigenvalue weighted by Gasteiger charge is 2.16. The lowest BCUT2D eigenvalue weighted by molar-refractivity contribution is 0.0315. The molecular weight excluding hydrogens is 216 g/mol. The molecule has 2 rings (SSSR count). The average molecular weight is 234 g/mol. The quantitative estimate of drug-likeness (QED) is 0.839. The molecule has 0 fully saturated rings. The largest absolute Gasteiger partial charge is 0.391 e. The van der Waals surface area contributed by atoms with E-state index in [0.717, 1.165) is 23.1 Å². The molecule has 2 N–H and O–H groups in total. The fourth-order valence-electron chi connectivity index (χ4n) is 1.96. The standard InChI is InChI=1S/C13H18N2O2/c1-3-15-12-7-5-4-6-10(12)11(14-15)8-13(17)9(2)16/h4-7,9,13,16-17H,3,8H2,1-2H3. The summed E-state index contributed by atoms with van der Waals surface area (Å²) in [6.45, 7) is 4.42. The molecule has 17 heavy (non-hydrogen) atoms. The summed E-state index contributed by atoms with van der Waals surface area (Å²) in [4.78, 5) is 0. The molecule has 0 aliphatic heterocycles. The zero-order valence-electron chi connectivity index (χ0n) is 10.2. The number of aliphatic hydroxyl groups is 2. The Balaban J connectivity index is 2.40. The number of nitrogens with zero attached hydrogens (tertiary/aromatic N) is 2. The van der Waals surface area contributed by atoms with Crippen molar-refractivity contribution < 1.29 is 10.2 Å². The summed E-state index contributed by atoms with van der Waals surface area (Å²) >= 11 is 0. The maximum atomic E-state index is 9.72. The van der Waals surface area contributed by atoms with Crippen LogP contribution in [0.4, 0.5) is 0 Å². The van der Waals surface area contributed by atoms with Crippen molar-refractivity contribution in [3.05, 3.63) is 30.0 Å². The normalized spacial score (nSPS) is 15.1. The van der Waals surface area contributed by atoms with Gasteiger partial charge in [0.15, 0.2) is 0 Å². The van der Waals surface area contributed by atoms with Crippen LogP contribution in [0.15, 0.2) is 24.3 Å². The van der Waals surface area contributed by atoms with Crippen molar-refractivity contribution in [1.29, 1.82) is 0 Å². The second kappa shape index (κ2) is 4.85. The predicted molar refractivity (Wildman–Crippen MR) is 66.8 cm³/mol. The van der Waals surface area contributed by atoms with E-state index in [2.05, 4.69) is 5.10 Å².